The van der Waals surface area contributed by atoms with Crippen molar-refractivity contribution in [3.8, 4) is 11.4 Å². The van der Waals surface area contributed by atoms with E-state index >= 15 is 0 Å². The van der Waals surface area contributed by atoms with Gasteiger partial charge in [0.1, 0.15) is 0 Å². The maximum atomic E-state index is 12.4. The first kappa shape index (κ1) is 16.1. The largest absolute Gasteiger partial charge is 0.376 e. The minimum absolute atomic E-state index is 0.175. The smallest absolute Gasteiger partial charge is 0.242 e. The molecule has 0 radical (unpaired) electrons. The quantitative estimate of drug-likeness (QED) is 0.905. The zero-order valence-corrected chi connectivity index (χ0v) is 14.6. The molecule has 2 heterocycles. The van der Waals surface area contributed by atoms with Gasteiger partial charge in [-0.05, 0) is 73.7 Å². The molecule has 7 nitrogen and oxygen atoms in total. The van der Waals surface area contributed by atoms with Crippen molar-refractivity contribution in [3.05, 3.63) is 24.3 Å². The Morgan fingerprint density at radius 2 is 2.00 bits per heavy atom. The molecule has 1 saturated carbocycles. The average Bonchev–Trinajstić information content (AvgIpc) is 3.37. The van der Waals surface area contributed by atoms with Gasteiger partial charge in [0.15, 0.2) is 5.82 Å². The summed E-state index contributed by atoms with van der Waals surface area (Å²) >= 11 is 0. The fourth-order valence-corrected chi connectivity index (χ4v) is 3.43. The topological polar surface area (TPSA) is 75.9 Å². The molecule has 2 aliphatic rings. The number of benzene rings is 1. The molecule has 0 unspecified atom stereocenters. The van der Waals surface area contributed by atoms with Crippen molar-refractivity contribution in [2.45, 2.75) is 51.1 Å². The minimum Gasteiger partial charge on any atom is -0.376 e. The number of carbonyl (C=O) groups excluding carboxylic acids is 1. The van der Waals surface area contributed by atoms with Crippen molar-refractivity contribution in [3.63, 3.8) is 0 Å². The van der Waals surface area contributed by atoms with E-state index in [-0.39, 0.29) is 5.91 Å². The summed E-state index contributed by atoms with van der Waals surface area (Å²) in [7, 11) is 0. The standard InChI is InChI=1S/C18H24N6O/c1-13-4-2-3-11-23(13)17(25)12-19-15-7-5-14(6-8-15)18-20-21-22-24(18)16-9-10-16/h5-8,13,16,19H,2-4,9-12H2,1H3/t13-/m0/s1. The van der Waals surface area contributed by atoms with Crippen LogP contribution in [0.1, 0.15) is 45.1 Å². The Hall–Kier alpha value is -2.44. The third-order valence-corrected chi connectivity index (χ3v) is 5.10. The van der Waals surface area contributed by atoms with Gasteiger partial charge in [-0.2, -0.15) is 0 Å². The van der Waals surface area contributed by atoms with Gasteiger partial charge in [-0.25, -0.2) is 4.68 Å². The van der Waals surface area contributed by atoms with E-state index in [2.05, 4.69) is 27.8 Å². The van der Waals surface area contributed by atoms with E-state index in [0.717, 1.165) is 49.3 Å². The molecule has 2 fully saturated rings. The van der Waals surface area contributed by atoms with Gasteiger partial charge in [0.25, 0.3) is 0 Å². The Labute approximate surface area is 147 Å². The molecule has 1 N–H and O–H groups in total. The predicted molar refractivity (Wildman–Crippen MR) is 95.0 cm³/mol. The molecular weight excluding hydrogens is 316 g/mol. The van der Waals surface area contributed by atoms with Crippen LogP contribution in [-0.4, -0.2) is 50.1 Å². The Bertz CT molecular complexity index is 736. The van der Waals surface area contributed by atoms with Gasteiger partial charge >= 0.3 is 0 Å². The van der Waals surface area contributed by atoms with Crippen molar-refractivity contribution >= 4 is 11.6 Å². The van der Waals surface area contributed by atoms with Gasteiger partial charge in [-0.1, -0.05) is 0 Å². The van der Waals surface area contributed by atoms with Crippen LogP contribution in [0.25, 0.3) is 11.4 Å². The molecule has 0 bridgehead atoms. The lowest BCUT2D eigenvalue weighted by Gasteiger charge is -2.33. The van der Waals surface area contributed by atoms with Crippen LogP contribution in [0.15, 0.2) is 24.3 Å². The van der Waals surface area contributed by atoms with Crippen molar-refractivity contribution in [1.29, 1.82) is 0 Å². The van der Waals surface area contributed by atoms with E-state index in [1.807, 2.05) is 33.8 Å². The first-order valence-corrected chi connectivity index (χ1v) is 9.14. The average molecular weight is 340 g/mol. The summed E-state index contributed by atoms with van der Waals surface area (Å²) in [5.74, 6) is 0.987. The molecule has 1 amide bonds. The number of hydrogen-bond donors (Lipinski definition) is 1. The summed E-state index contributed by atoms with van der Waals surface area (Å²) in [4.78, 5) is 14.4. The van der Waals surface area contributed by atoms with Crippen LogP contribution in [0.2, 0.25) is 0 Å². The highest BCUT2D eigenvalue weighted by molar-refractivity contribution is 5.81. The minimum atomic E-state index is 0.175. The molecule has 2 aromatic rings. The summed E-state index contributed by atoms with van der Waals surface area (Å²) in [5.41, 5.74) is 1.94. The van der Waals surface area contributed by atoms with E-state index in [4.69, 9.17) is 0 Å². The van der Waals surface area contributed by atoms with E-state index in [1.54, 1.807) is 0 Å². The molecule has 132 valence electrons. The van der Waals surface area contributed by atoms with E-state index < -0.39 is 0 Å². The zero-order valence-electron chi connectivity index (χ0n) is 14.6. The monoisotopic (exact) mass is 340 g/mol. The number of piperidine rings is 1. The number of carbonyl (C=O) groups is 1. The first-order valence-electron chi connectivity index (χ1n) is 9.14. The van der Waals surface area contributed by atoms with Gasteiger partial charge in [-0.15, -0.1) is 5.10 Å². The van der Waals surface area contributed by atoms with Gasteiger partial charge in [0.2, 0.25) is 5.91 Å². The predicted octanol–water partition coefficient (Wildman–Crippen LogP) is 2.49. The van der Waals surface area contributed by atoms with Gasteiger partial charge < -0.3 is 10.2 Å². The number of aromatic nitrogens is 4. The van der Waals surface area contributed by atoms with Gasteiger partial charge in [0, 0.05) is 23.8 Å². The van der Waals surface area contributed by atoms with Crippen LogP contribution in [0.5, 0.6) is 0 Å². The van der Waals surface area contributed by atoms with Crippen molar-refractivity contribution < 1.29 is 4.79 Å². The van der Waals surface area contributed by atoms with E-state index in [9.17, 15) is 4.79 Å². The summed E-state index contributed by atoms with van der Waals surface area (Å²) < 4.78 is 1.91. The SMILES string of the molecule is C[C@H]1CCCCN1C(=O)CNc1ccc(-c2nnnn2C2CC2)cc1. The summed E-state index contributed by atoms with van der Waals surface area (Å²) in [6, 6.07) is 8.77. The molecule has 4 rings (SSSR count). The van der Waals surface area contributed by atoms with Gasteiger partial charge in [0.05, 0.1) is 12.6 Å². The number of nitrogens with zero attached hydrogens (tertiary/aromatic N) is 5. The molecule has 1 aromatic carbocycles. The van der Waals surface area contributed by atoms with E-state index in [1.165, 1.54) is 6.42 Å². The Morgan fingerprint density at radius 1 is 1.20 bits per heavy atom. The molecule has 7 heteroatoms. The number of anilines is 1. The van der Waals surface area contributed by atoms with Crippen molar-refractivity contribution in [2.24, 2.45) is 0 Å². The Morgan fingerprint density at radius 3 is 2.72 bits per heavy atom. The van der Waals surface area contributed by atoms with Crippen LogP contribution in [0, 0.1) is 0 Å². The third kappa shape index (κ3) is 3.50. The second-order valence-corrected chi connectivity index (χ2v) is 7.04. The van der Waals surface area contributed by atoms with Crippen LogP contribution < -0.4 is 5.32 Å². The maximum Gasteiger partial charge on any atom is 0.242 e. The highest BCUT2D eigenvalue weighted by atomic mass is 16.2. The van der Waals surface area contributed by atoms with Crippen molar-refractivity contribution in [2.75, 3.05) is 18.4 Å². The lowest BCUT2D eigenvalue weighted by Crippen LogP contribution is -2.44. The Balaban J connectivity index is 1.37. The van der Waals surface area contributed by atoms with Crippen molar-refractivity contribution in [1.82, 2.24) is 25.1 Å². The normalized spacial score (nSPS) is 20.5. The molecule has 0 spiro atoms. The second-order valence-electron chi connectivity index (χ2n) is 7.04. The number of tetrazole rings is 1. The number of amides is 1. The molecule has 25 heavy (non-hydrogen) atoms. The summed E-state index contributed by atoms with van der Waals surface area (Å²) in [5, 5.41) is 15.3. The number of rotatable bonds is 5. The molecule has 1 atom stereocenters. The number of hydrogen-bond acceptors (Lipinski definition) is 5. The molecule has 1 saturated heterocycles. The highest BCUT2D eigenvalue weighted by Crippen LogP contribution is 2.36. The van der Waals surface area contributed by atoms with Crippen LogP contribution in [-0.2, 0) is 4.79 Å². The van der Waals surface area contributed by atoms with Gasteiger partial charge in [-0.3, -0.25) is 4.79 Å². The lowest BCUT2D eigenvalue weighted by molar-refractivity contribution is -0.132. The maximum absolute atomic E-state index is 12.4. The van der Waals surface area contributed by atoms with Crippen LogP contribution in [0.4, 0.5) is 5.69 Å². The third-order valence-electron chi connectivity index (χ3n) is 5.10. The van der Waals surface area contributed by atoms with E-state index in [0.29, 0.717) is 18.6 Å². The fourth-order valence-electron chi connectivity index (χ4n) is 3.43. The Kier molecular flexibility index (Phi) is 4.38. The summed E-state index contributed by atoms with van der Waals surface area (Å²) in [6.07, 6.45) is 5.74. The zero-order chi connectivity index (χ0) is 17.2. The lowest BCUT2D eigenvalue weighted by atomic mass is 10.0. The summed E-state index contributed by atoms with van der Waals surface area (Å²) in [6.45, 7) is 3.35. The molecule has 1 aliphatic heterocycles. The second kappa shape index (κ2) is 6.82. The number of nitrogens with one attached hydrogen (secondary N) is 1. The molecular formula is C18H24N6O. The highest BCUT2D eigenvalue weighted by Gasteiger charge is 2.28. The molecule has 1 aromatic heterocycles. The van der Waals surface area contributed by atoms with Crippen LogP contribution >= 0.6 is 0 Å². The van der Waals surface area contributed by atoms with Crippen LogP contribution in [0.3, 0.4) is 0 Å². The fraction of sp³-hybridized carbons (Fsp3) is 0.556. The molecule has 1 aliphatic carbocycles. The first-order chi connectivity index (χ1) is 12.2. The number of likely N-dealkylation sites (tertiary alicyclic amines) is 1.